The molecule has 2 saturated heterocycles. The Bertz CT molecular complexity index is 152. The van der Waals surface area contributed by atoms with E-state index in [4.69, 9.17) is 0 Å². The summed E-state index contributed by atoms with van der Waals surface area (Å²) in [6.07, 6.45) is 7.83. The maximum atomic E-state index is 2.70. The zero-order chi connectivity index (χ0) is 9.10. The van der Waals surface area contributed by atoms with Crippen LogP contribution >= 0.6 is 0 Å². The second-order valence-electron chi connectivity index (χ2n) is 4.40. The van der Waals surface area contributed by atoms with E-state index in [0.29, 0.717) is 0 Å². The van der Waals surface area contributed by atoms with Crippen molar-refractivity contribution in [2.75, 3.05) is 26.2 Å². The summed E-state index contributed by atoms with van der Waals surface area (Å²) in [6.45, 7) is 7.65. The van der Waals surface area contributed by atoms with Crippen molar-refractivity contribution in [3.63, 3.8) is 0 Å². The molecule has 0 aromatic carbocycles. The Morgan fingerprint density at radius 1 is 1.08 bits per heavy atom. The largest absolute Gasteiger partial charge is 0.288 e. The molecular weight excluding hydrogens is 160 g/mol. The first-order valence-electron chi connectivity index (χ1n) is 5.90. The molecule has 2 aliphatic rings. The Kier molecular flexibility index (Phi) is 3.23. The second kappa shape index (κ2) is 4.43. The molecule has 0 aromatic heterocycles. The van der Waals surface area contributed by atoms with Gasteiger partial charge in [0.25, 0.3) is 0 Å². The standard InChI is InChI=1S/C11H22N2/c1-2-7-12-8-4-3-6-11(12)13-9-5-10-13/h11H,2-10H2,1H3. The Morgan fingerprint density at radius 2 is 1.92 bits per heavy atom. The number of likely N-dealkylation sites (tertiary alicyclic amines) is 2. The van der Waals surface area contributed by atoms with E-state index >= 15 is 0 Å². The van der Waals surface area contributed by atoms with Gasteiger partial charge in [0.05, 0.1) is 6.17 Å². The van der Waals surface area contributed by atoms with E-state index in [9.17, 15) is 0 Å². The van der Waals surface area contributed by atoms with Crippen molar-refractivity contribution in [3.8, 4) is 0 Å². The topological polar surface area (TPSA) is 6.48 Å². The fraction of sp³-hybridized carbons (Fsp3) is 1.00. The van der Waals surface area contributed by atoms with Gasteiger partial charge in [0, 0.05) is 13.1 Å². The Labute approximate surface area is 81.9 Å². The molecule has 0 amide bonds. The van der Waals surface area contributed by atoms with Gasteiger partial charge in [-0.3, -0.25) is 9.80 Å². The van der Waals surface area contributed by atoms with Gasteiger partial charge >= 0.3 is 0 Å². The molecule has 2 heteroatoms. The van der Waals surface area contributed by atoms with Gasteiger partial charge in [-0.05, 0) is 45.2 Å². The molecule has 0 aromatic rings. The molecule has 76 valence electrons. The van der Waals surface area contributed by atoms with Crippen LogP contribution in [0.2, 0.25) is 0 Å². The van der Waals surface area contributed by atoms with E-state index in [0.717, 1.165) is 6.17 Å². The third kappa shape index (κ3) is 2.05. The van der Waals surface area contributed by atoms with Crippen LogP contribution < -0.4 is 0 Å². The lowest BCUT2D eigenvalue weighted by molar-refractivity contribution is -0.0210. The fourth-order valence-electron chi connectivity index (χ4n) is 2.57. The highest BCUT2D eigenvalue weighted by Gasteiger charge is 2.30. The molecular formula is C11H22N2. The maximum absolute atomic E-state index is 2.70. The van der Waals surface area contributed by atoms with Gasteiger partial charge in [0.2, 0.25) is 0 Å². The van der Waals surface area contributed by atoms with Crippen LogP contribution in [0.3, 0.4) is 0 Å². The lowest BCUT2D eigenvalue weighted by Crippen LogP contribution is -2.55. The molecule has 1 atom stereocenters. The average Bonchev–Trinajstić information content (AvgIpc) is 2.05. The lowest BCUT2D eigenvalue weighted by atomic mass is 10.0. The summed E-state index contributed by atoms with van der Waals surface area (Å²) in [5, 5.41) is 0. The molecule has 2 fully saturated rings. The zero-order valence-electron chi connectivity index (χ0n) is 8.84. The molecule has 0 bridgehead atoms. The van der Waals surface area contributed by atoms with Crippen LogP contribution in [-0.4, -0.2) is 42.1 Å². The molecule has 2 heterocycles. The van der Waals surface area contributed by atoms with Crippen LogP contribution in [0, 0.1) is 0 Å². The van der Waals surface area contributed by atoms with Crippen LogP contribution in [0.1, 0.15) is 39.0 Å². The Balaban J connectivity index is 1.87. The van der Waals surface area contributed by atoms with Crippen molar-refractivity contribution in [1.82, 2.24) is 9.80 Å². The van der Waals surface area contributed by atoms with Gasteiger partial charge < -0.3 is 0 Å². The van der Waals surface area contributed by atoms with Gasteiger partial charge in [0.15, 0.2) is 0 Å². The quantitative estimate of drug-likeness (QED) is 0.658. The second-order valence-corrected chi connectivity index (χ2v) is 4.40. The molecule has 13 heavy (non-hydrogen) atoms. The first-order chi connectivity index (χ1) is 6.42. The third-order valence-electron chi connectivity index (χ3n) is 3.40. The summed E-state index contributed by atoms with van der Waals surface area (Å²) in [6, 6.07) is 0. The first kappa shape index (κ1) is 9.47. The van der Waals surface area contributed by atoms with Crippen molar-refractivity contribution in [3.05, 3.63) is 0 Å². The predicted molar refractivity (Wildman–Crippen MR) is 55.7 cm³/mol. The molecule has 0 N–H and O–H groups in total. The van der Waals surface area contributed by atoms with Gasteiger partial charge in [-0.2, -0.15) is 0 Å². The predicted octanol–water partition coefficient (Wildman–Crippen LogP) is 1.91. The minimum Gasteiger partial charge on any atom is -0.288 e. The summed E-state index contributed by atoms with van der Waals surface area (Å²) in [5.41, 5.74) is 0. The van der Waals surface area contributed by atoms with E-state index < -0.39 is 0 Å². The molecule has 2 aliphatic heterocycles. The summed E-state index contributed by atoms with van der Waals surface area (Å²) in [5.74, 6) is 0. The fourth-order valence-corrected chi connectivity index (χ4v) is 2.57. The molecule has 0 radical (unpaired) electrons. The Morgan fingerprint density at radius 3 is 2.54 bits per heavy atom. The summed E-state index contributed by atoms with van der Waals surface area (Å²) in [7, 11) is 0. The number of hydrogen-bond donors (Lipinski definition) is 0. The van der Waals surface area contributed by atoms with Crippen molar-refractivity contribution in [2.24, 2.45) is 0 Å². The maximum Gasteiger partial charge on any atom is 0.0622 e. The smallest absolute Gasteiger partial charge is 0.0622 e. The van der Waals surface area contributed by atoms with Crippen LogP contribution in [0.5, 0.6) is 0 Å². The minimum absolute atomic E-state index is 0.808. The molecule has 0 spiro atoms. The van der Waals surface area contributed by atoms with E-state index in [1.165, 1.54) is 58.3 Å². The van der Waals surface area contributed by atoms with Crippen molar-refractivity contribution < 1.29 is 0 Å². The van der Waals surface area contributed by atoms with Gasteiger partial charge in [-0.15, -0.1) is 0 Å². The summed E-state index contributed by atoms with van der Waals surface area (Å²) < 4.78 is 0. The van der Waals surface area contributed by atoms with E-state index in [1.54, 1.807) is 0 Å². The van der Waals surface area contributed by atoms with Gasteiger partial charge in [0.1, 0.15) is 0 Å². The number of piperidine rings is 1. The van der Waals surface area contributed by atoms with Crippen molar-refractivity contribution in [2.45, 2.75) is 45.2 Å². The molecule has 0 saturated carbocycles. The molecule has 2 rings (SSSR count). The normalized spacial score (nSPS) is 31.6. The monoisotopic (exact) mass is 182 g/mol. The van der Waals surface area contributed by atoms with Crippen LogP contribution in [0.15, 0.2) is 0 Å². The molecule has 0 aliphatic carbocycles. The minimum atomic E-state index is 0.808. The number of rotatable bonds is 3. The van der Waals surface area contributed by atoms with Crippen LogP contribution in [-0.2, 0) is 0 Å². The Hall–Kier alpha value is -0.0800. The highest BCUT2D eigenvalue weighted by Crippen LogP contribution is 2.24. The highest BCUT2D eigenvalue weighted by atomic mass is 15.4. The van der Waals surface area contributed by atoms with Crippen LogP contribution in [0.4, 0.5) is 0 Å². The summed E-state index contributed by atoms with van der Waals surface area (Å²) in [4.78, 5) is 5.36. The number of hydrogen-bond acceptors (Lipinski definition) is 2. The molecule has 1 unspecified atom stereocenters. The van der Waals surface area contributed by atoms with E-state index in [2.05, 4.69) is 16.7 Å². The SMILES string of the molecule is CCCN1CCCCC1N1CCC1. The van der Waals surface area contributed by atoms with Crippen molar-refractivity contribution >= 4 is 0 Å². The highest BCUT2D eigenvalue weighted by molar-refractivity contribution is 4.82. The van der Waals surface area contributed by atoms with Gasteiger partial charge in [-0.25, -0.2) is 0 Å². The zero-order valence-corrected chi connectivity index (χ0v) is 8.84. The molecule has 2 nitrogen and oxygen atoms in total. The lowest BCUT2D eigenvalue weighted by Gasteiger charge is -2.46. The van der Waals surface area contributed by atoms with Gasteiger partial charge in [-0.1, -0.05) is 6.92 Å². The summed E-state index contributed by atoms with van der Waals surface area (Å²) >= 11 is 0. The number of nitrogens with zero attached hydrogens (tertiary/aromatic N) is 2. The first-order valence-corrected chi connectivity index (χ1v) is 5.90. The average molecular weight is 182 g/mol. The third-order valence-corrected chi connectivity index (χ3v) is 3.40. The van der Waals surface area contributed by atoms with Crippen molar-refractivity contribution in [1.29, 1.82) is 0 Å². The van der Waals surface area contributed by atoms with E-state index in [-0.39, 0.29) is 0 Å². The van der Waals surface area contributed by atoms with Crippen LogP contribution in [0.25, 0.3) is 0 Å². The van der Waals surface area contributed by atoms with E-state index in [1.807, 2.05) is 0 Å².